The lowest BCUT2D eigenvalue weighted by Crippen LogP contribution is -2.67. The van der Waals surface area contributed by atoms with Crippen molar-refractivity contribution in [2.45, 2.75) is 62.3 Å². The first-order chi connectivity index (χ1) is 16.3. The van der Waals surface area contributed by atoms with E-state index in [0.29, 0.717) is 25.9 Å². The molecule has 1 N–H and O–H groups in total. The normalized spacial score (nSPS) is 34.4. The van der Waals surface area contributed by atoms with Crippen LogP contribution in [0.25, 0.3) is 0 Å². The fourth-order valence-electron chi connectivity index (χ4n) is 6.53. The second-order valence-electron chi connectivity index (χ2n) is 10.0. The van der Waals surface area contributed by atoms with Crippen LogP contribution in [-0.2, 0) is 31.0 Å². The van der Waals surface area contributed by atoms with Gasteiger partial charge in [-0.05, 0) is 95.3 Å². The molecule has 1 aromatic carbocycles. The number of benzene rings is 1. The molecule has 1 spiro atoms. The zero-order valence-electron chi connectivity index (χ0n) is 18.3. The average Bonchev–Trinajstić information content (AvgIpc) is 2.76. The molecule has 3 unspecified atom stereocenters. The molecule has 13 heteroatoms. The van der Waals surface area contributed by atoms with E-state index in [2.05, 4.69) is 45.2 Å². The zero-order valence-corrected chi connectivity index (χ0v) is 23.4. The number of fused-ring (bicyclic) bond motifs is 1. The molecule has 6 rings (SSSR count). The highest BCUT2D eigenvalue weighted by molar-refractivity contribution is 14.1. The highest BCUT2D eigenvalue weighted by Gasteiger charge is 2.68. The van der Waals surface area contributed by atoms with E-state index in [1.54, 1.807) is 0 Å². The van der Waals surface area contributed by atoms with E-state index < -0.39 is 51.7 Å². The third kappa shape index (κ3) is 4.28. The number of carbonyl (C=O) groups excluding carboxylic acids is 1. The van der Waals surface area contributed by atoms with E-state index in [9.17, 15) is 26.4 Å². The SMILES string of the molecule is O=C(OCCC(F)C(F)(F)S(=O)(=O)O)C12CC3CC(C1)C1(OCc4cc(I)cc(I)c4O1)C(C3)C2. The van der Waals surface area contributed by atoms with E-state index in [1.807, 2.05) is 12.1 Å². The van der Waals surface area contributed by atoms with E-state index >= 15 is 0 Å². The van der Waals surface area contributed by atoms with Crippen LogP contribution in [0.15, 0.2) is 12.1 Å². The maximum Gasteiger partial charge on any atom is 0.400 e. The summed E-state index contributed by atoms with van der Waals surface area (Å²) >= 11 is 4.50. The monoisotopic (exact) mass is 742 g/mol. The first-order valence-electron chi connectivity index (χ1n) is 11.2. The average molecular weight is 742 g/mol. The Kier molecular flexibility index (Phi) is 6.62. The molecule has 1 heterocycles. The van der Waals surface area contributed by atoms with Crippen molar-refractivity contribution >= 4 is 61.3 Å². The Morgan fingerprint density at radius 1 is 1.23 bits per heavy atom. The minimum absolute atomic E-state index is 0.0534. The first-order valence-corrected chi connectivity index (χ1v) is 14.8. The summed E-state index contributed by atoms with van der Waals surface area (Å²) in [5.74, 6) is -0.441. The van der Waals surface area contributed by atoms with E-state index in [4.69, 9.17) is 18.8 Å². The molecule has 0 amide bonds. The molecule has 4 saturated carbocycles. The lowest BCUT2D eigenvalue weighted by atomic mass is 9.47. The highest BCUT2D eigenvalue weighted by Crippen LogP contribution is 2.66. The predicted octanol–water partition coefficient (Wildman–Crippen LogP) is 5.08. The summed E-state index contributed by atoms with van der Waals surface area (Å²) in [5.41, 5.74) is 0.156. The van der Waals surface area contributed by atoms with Crippen LogP contribution in [0.3, 0.4) is 0 Å². The zero-order chi connectivity index (χ0) is 25.4. The van der Waals surface area contributed by atoms with Gasteiger partial charge in [-0.25, -0.2) is 4.39 Å². The third-order valence-corrected chi connectivity index (χ3v) is 10.2. The molecule has 1 aromatic rings. The second kappa shape index (κ2) is 8.83. The van der Waals surface area contributed by atoms with Crippen LogP contribution in [-0.4, -0.2) is 42.8 Å². The van der Waals surface area contributed by atoms with Gasteiger partial charge in [-0.1, -0.05) is 0 Å². The Balaban J connectivity index is 1.29. The van der Waals surface area contributed by atoms with Gasteiger partial charge in [0, 0.05) is 27.4 Å². The number of esters is 1. The summed E-state index contributed by atoms with van der Waals surface area (Å²) in [6.07, 6.45) is -1.05. The standard InChI is InChI=1S/C22H23F3I2O7S/c23-17(22(24,25)35(29,30)31)1-2-32-19(28)20-7-11-3-13(8-20)21(14(4-11)9-20)33-10-12-5-15(26)6-16(27)18(12)34-21/h5-6,11,13-14,17H,1-4,7-10H2,(H,29,30,31). The number of rotatable bonds is 6. The summed E-state index contributed by atoms with van der Waals surface area (Å²) in [5, 5.41) is -4.96. The maximum atomic E-state index is 13.8. The second-order valence-corrected chi connectivity index (χ2v) is 13.9. The van der Waals surface area contributed by atoms with Gasteiger partial charge in [-0.2, -0.15) is 17.2 Å². The van der Waals surface area contributed by atoms with E-state index in [0.717, 1.165) is 31.3 Å². The van der Waals surface area contributed by atoms with Gasteiger partial charge in [0.2, 0.25) is 5.79 Å². The van der Waals surface area contributed by atoms with Gasteiger partial charge in [0.1, 0.15) is 5.75 Å². The third-order valence-electron chi connectivity index (χ3n) is 7.87. The molecule has 0 radical (unpaired) electrons. The topological polar surface area (TPSA) is 99.1 Å². The van der Waals surface area contributed by atoms with Crippen molar-refractivity contribution in [2.75, 3.05) is 6.61 Å². The Bertz CT molecular complexity index is 1150. The molecule has 0 aromatic heterocycles. The Morgan fingerprint density at radius 2 is 1.89 bits per heavy atom. The van der Waals surface area contributed by atoms with Crippen LogP contribution < -0.4 is 4.74 Å². The molecule has 4 fully saturated rings. The molecular formula is C22H23F3I2O7S. The van der Waals surface area contributed by atoms with Crippen LogP contribution >= 0.6 is 45.2 Å². The van der Waals surface area contributed by atoms with Gasteiger partial charge in [0.05, 0.1) is 22.2 Å². The smallest absolute Gasteiger partial charge is 0.400 e. The van der Waals surface area contributed by atoms with Gasteiger partial charge in [0.15, 0.2) is 6.17 Å². The number of alkyl halides is 3. The molecule has 194 valence electrons. The van der Waals surface area contributed by atoms with Crippen molar-refractivity contribution < 1.29 is 45.1 Å². The summed E-state index contributed by atoms with van der Waals surface area (Å²) in [6, 6.07) is 4.07. The molecule has 35 heavy (non-hydrogen) atoms. The van der Waals surface area contributed by atoms with Crippen LogP contribution in [0.5, 0.6) is 5.75 Å². The van der Waals surface area contributed by atoms with Crippen LogP contribution in [0.1, 0.15) is 44.1 Å². The molecule has 3 atom stereocenters. The summed E-state index contributed by atoms with van der Waals surface area (Å²) in [6.45, 7) is -0.299. The van der Waals surface area contributed by atoms with Crippen molar-refractivity contribution in [1.82, 2.24) is 0 Å². The number of ether oxygens (including phenoxy) is 3. The molecule has 7 nitrogen and oxygen atoms in total. The Morgan fingerprint density at radius 3 is 2.51 bits per heavy atom. The number of carbonyl (C=O) groups is 1. The van der Waals surface area contributed by atoms with Crippen molar-refractivity contribution in [3.8, 4) is 5.75 Å². The fourth-order valence-corrected chi connectivity index (χ4v) is 9.05. The van der Waals surface area contributed by atoms with Crippen LogP contribution in [0.2, 0.25) is 0 Å². The van der Waals surface area contributed by atoms with Gasteiger partial charge < -0.3 is 14.2 Å². The first kappa shape index (κ1) is 26.2. The molecule has 5 aliphatic rings. The van der Waals surface area contributed by atoms with Crippen molar-refractivity contribution in [3.63, 3.8) is 0 Å². The minimum Gasteiger partial charge on any atom is -0.465 e. The minimum atomic E-state index is -5.91. The van der Waals surface area contributed by atoms with E-state index in [-0.39, 0.29) is 17.8 Å². The predicted molar refractivity (Wildman–Crippen MR) is 133 cm³/mol. The summed E-state index contributed by atoms with van der Waals surface area (Å²) < 4.78 is 90.9. The fraction of sp³-hybridized carbons (Fsp3) is 0.682. The molecule has 0 saturated heterocycles. The van der Waals surface area contributed by atoms with Crippen molar-refractivity contribution in [2.24, 2.45) is 23.2 Å². The lowest BCUT2D eigenvalue weighted by molar-refractivity contribution is -0.326. The summed E-state index contributed by atoms with van der Waals surface area (Å²) in [4.78, 5) is 13.1. The number of hydrogen-bond acceptors (Lipinski definition) is 6. The van der Waals surface area contributed by atoms with Gasteiger partial charge in [-0.3, -0.25) is 9.35 Å². The van der Waals surface area contributed by atoms with Crippen LogP contribution in [0, 0.1) is 30.3 Å². The highest BCUT2D eigenvalue weighted by atomic mass is 127. The van der Waals surface area contributed by atoms with Gasteiger partial charge in [-0.15, -0.1) is 0 Å². The van der Waals surface area contributed by atoms with E-state index in [1.165, 1.54) is 0 Å². The summed E-state index contributed by atoms with van der Waals surface area (Å²) in [7, 11) is -5.91. The maximum absolute atomic E-state index is 13.8. The number of halogens is 5. The quantitative estimate of drug-likeness (QED) is 0.247. The Labute approximate surface area is 227 Å². The van der Waals surface area contributed by atoms with Gasteiger partial charge in [0.25, 0.3) is 0 Å². The molecule has 4 bridgehead atoms. The molecular weight excluding hydrogens is 719 g/mol. The molecule has 1 aliphatic heterocycles. The van der Waals surface area contributed by atoms with Gasteiger partial charge >= 0.3 is 21.3 Å². The number of hydrogen-bond donors (Lipinski definition) is 1. The molecule has 4 aliphatic carbocycles. The van der Waals surface area contributed by atoms with Crippen molar-refractivity contribution in [1.29, 1.82) is 0 Å². The van der Waals surface area contributed by atoms with Crippen LogP contribution in [0.4, 0.5) is 13.2 Å². The Hall–Kier alpha value is -0.390. The largest absolute Gasteiger partial charge is 0.465 e. The van der Waals surface area contributed by atoms with Crippen molar-refractivity contribution in [3.05, 3.63) is 24.8 Å². The lowest BCUT2D eigenvalue weighted by Gasteiger charge is -2.63.